The molecular weight excluding hydrogens is 442 g/mol. The number of H-pyrrole nitrogens is 1. The van der Waals surface area contributed by atoms with Crippen molar-refractivity contribution in [3.63, 3.8) is 0 Å². The number of nitrogens with one attached hydrogen (secondary N) is 1. The lowest BCUT2D eigenvalue weighted by atomic mass is 10.0. The van der Waals surface area contributed by atoms with Crippen molar-refractivity contribution in [2.75, 3.05) is 29.4 Å². The van der Waals surface area contributed by atoms with E-state index in [0.717, 1.165) is 36.0 Å². The predicted octanol–water partition coefficient (Wildman–Crippen LogP) is 3.04. The molecule has 9 nitrogen and oxygen atoms in total. The van der Waals surface area contributed by atoms with Gasteiger partial charge in [-0.1, -0.05) is 18.2 Å². The minimum absolute atomic E-state index is 0.0530. The number of aromatic amines is 1. The second kappa shape index (κ2) is 8.40. The number of hydrogen-bond donors (Lipinski definition) is 1. The number of nitriles is 1. The summed E-state index contributed by atoms with van der Waals surface area (Å²) in [4.78, 5) is 41.5. The zero-order valence-corrected chi connectivity index (χ0v) is 19.0. The summed E-state index contributed by atoms with van der Waals surface area (Å²) in [7, 11) is 0. The molecule has 3 aromatic heterocycles. The minimum atomic E-state index is -0.178. The third-order valence-electron chi connectivity index (χ3n) is 7.02. The summed E-state index contributed by atoms with van der Waals surface area (Å²) < 4.78 is 1.80. The topological polar surface area (TPSA) is 111 Å². The summed E-state index contributed by atoms with van der Waals surface area (Å²) >= 11 is 0. The highest BCUT2D eigenvalue weighted by atomic mass is 16.2. The van der Waals surface area contributed by atoms with Crippen LogP contribution in [0, 0.1) is 11.3 Å². The van der Waals surface area contributed by atoms with Gasteiger partial charge in [-0.15, -0.1) is 0 Å². The molecule has 1 saturated heterocycles. The van der Waals surface area contributed by atoms with Crippen molar-refractivity contribution in [2.45, 2.75) is 25.3 Å². The second-order valence-corrected chi connectivity index (χ2v) is 8.92. The molecule has 35 heavy (non-hydrogen) atoms. The Hall–Kier alpha value is -4.45. The van der Waals surface area contributed by atoms with Gasteiger partial charge in [-0.2, -0.15) is 5.26 Å². The van der Waals surface area contributed by atoms with E-state index in [1.54, 1.807) is 21.7 Å². The van der Waals surface area contributed by atoms with Gasteiger partial charge in [0.1, 0.15) is 11.9 Å². The first-order valence-electron chi connectivity index (χ1n) is 11.7. The molecule has 5 heterocycles. The highest BCUT2D eigenvalue weighted by molar-refractivity contribution is 6.09. The largest absolute Gasteiger partial charge is 0.356 e. The van der Waals surface area contributed by atoms with Crippen LogP contribution in [0.5, 0.6) is 0 Å². The predicted molar refractivity (Wildman–Crippen MR) is 132 cm³/mol. The lowest BCUT2D eigenvalue weighted by Crippen LogP contribution is -2.37. The van der Waals surface area contributed by atoms with Crippen LogP contribution in [0.25, 0.3) is 11.2 Å². The van der Waals surface area contributed by atoms with E-state index in [2.05, 4.69) is 25.9 Å². The van der Waals surface area contributed by atoms with Gasteiger partial charge < -0.3 is 9.80 Å². The van der Waals surface area contributed by atoms with Crippen LogP contribution < -0.4 is 15.5 Å². The number of fused-ring (bicyclic) bond motifs is 2. The van der Waals surface area contributed by atoms with Gasteiger partial charge in [0, 0.05) is 43.8 Å². The average Bonchev–Trinajstić information content (AvgIpc) is 3.48. The molecule has 2 aliphatic heterocycles. The number of rotatable bonds is 3. The molecule has 2 aliphatic rings. The van der Waals surface area contributed by atoms with Crippen LogP contribution in [0.3, 0.4) is 0 Å². The number of para-hydroxylation sites is 1. The first-order valence-corrected chi connectivity index (χ1v) is 11.7. The van der Waals surface area contributed by atoms with Crippen LogP contribution in [0.2, 0.25) is 0 Å². The van der Waals surface area contributed by atoms with Gasteiger partial charge in [0.15, 0.2) is 5.65 Å². The SMILES string of the molecule is N#Cc1cnc(N2CCC(n3c(=O)[nH]c4ncccc43)CC2)cc1C(=O)N1CCc2ccccc21. The maximum atomic E-state index is 13.5. The van der Waals surface area contributed by atoms with Crippen molar-refractivity contribution in [3.8, 4) is 6.07 Å². The normalized spacial score (nSPS) is 15.9. The molecule has 0 bridgehead atoms. The Balaban J connectivity index is 1.24. The maximum absolute atomic E-state index is 13.5. The lowest BCUT2D eigenvalue weighted by molar-refractivity contribution is 0.0989. The van der Waals surface area contributed by atoms with Crippen LogP contribution in [0.15, 0.2) is 59.7 Å². The molecule has 1 aromatic carbocycles. The standard InChI is InChI=1S/C26H23N7O2/c27-15-18-16-29-23(14-20(18)25(34)32-13-7-17-4-1-2-5-21(17)32)31-11-8-19(9-12-31)33-22-6-3-10-28-24(22)30-26(33)35/h1-6,10,14,16,19H,7-9,11-13H2,(H,28,30,35). The molecular formula is C26H23N7O2. The van der Waals surface area contributed by atoms with Gasteiger partial charge in [0.25, 0.3) is 5.91 Å². The van der Waals surface area contributed by atoms with E-state index in [9.17, 15) is 14.9 Å². The van der Waals surface area contributed by atoms with Gasteiger partial charge in [-0.25, -0.2) is 14.8 Å². The number of anilines is 2. The number of amides is 1. The summed E-state index contributed by atoms with van der Waals surface area (Å²) in [6.45, 7) is 1.96. The molecule has 0 atom stereocenters. The number of carbonyl (C=O) groups excluding carboxylic acids is 1. The molecule has 0 aliphatic carbocycles. The number of carbonyl (C=O) groups is 1. The third kappa shape index (κ3) is 3.54. The molecule has 1 N–H and O–H groups in total. The molecule has 0 spiro atoms. The number of nitrogens with zero attached hydrogens (tertiary/aromatic N) is 6. The van der Waals surface area contributed by atoms with E-state index >= 15 is 0 Å². The summed E-state index contributed by atoms with van der Waals surface area (Å²) in [5.41, 5.74) is 3.95. The molecule has 0 radical (unpaired) electrons. The quantitative estimate of drug-likeness (QED) is 0.498. The fourth-order valence-electron chi connectivity index (χ4n) is 5.25. The van der Waals surface area contributed by atoms with Crippen molar-refractivity contribution >= 4 is 28.6 Å². The molecule has 0 unspecified atom stereocenters. The number of piperidine rings is 1. The number of pyridine rings is 2. The average molecular weight is 466 g/mol. The Morgan fingerprint density at radius 1 is 1.09 bits per heavy atom. The first-order chi connectivity index (χ1) is 17.1. The van der Waals surface area contributed by atoms with E-state index < -0.39 is 0 Å². The van der Waals surface area contributed by atoms with Crippen LogP contribution in [-0.2, 0) is 6.42 Å². The third-order valence-corrected chi connectivity index (χ3v) is 7.02. The van der Waals surface area contributed by atoms with E-state index in [-0.39, 0.29) is 23.2 Å². The molecule has 0 saturated carbocycles. The zero-order valence-electron chi connectivity index (χ0n) is 19.0. The highest BCUT2D eigenvalue weighted by Gasteiger charge is 2.29. The van der Waals surface area contributed by atoms with Gasteiger partial charge in [0.05, 0.1) is 16.6 Å². The summed E-state index contributed by atoms with van der Waals surface area (Å²) in [5.74, 6) is 0.495. The summed E-state index contributed by atoms with van der Waals surface area (Å²) in [5, 5.41) is 9.64. The smallest absolute Gasteiger partial charge is 0.327 e. The van der Waals surface area contributed by atoms with Crippen LogP contribution in [0.4, 0.5) is 11.5 Å². The van der Waals surface area contributed by atoms with Crippen molar-refractivity contribution < 1.29 is 4.79 Å². The van der Waals surface area contributed by atoms with E-state index in [1.807, 2.05) is 36.4 Å². The van der Waals surface area contributed by atoms with E-state index in [1.165, 1.54) is 6.20 Å². The summed E-state index contributed by atoms with van der Waals surface area (Å²) in [6.07, 6.45) is 5.48. The Kier molecular flexibility index (Phi) is 5.07. The van der Waals surface area contributed by atoms with Crippen molar-refractivity contribution in [1.29, 1.82) is 5.26 Å². The molecule has 1 amide bonds. The Labute approximate surface area is 201 Å². The molecule has 4 aromatic rings. The van der Waals surface area contributed by atoms with Crippen molar-refractivity contribution in [1.82, 2.24) is 19.5 Å². The first kappa shape index (κ1) is 21.1. The monoisotopic (exact) mass is 465 g/mol. The Bertz CT molecular complexity index is 1540. The van der Waals surface area contributed by atoms with Crippen LogP contribution in [-0.4, -0.2) is 45.1 Å². The van der Waals surface area contributed by atoms with Crippen molar-refractivity contribution in [3.05, 3.63) is 82.0 Å². The fraction of sp³-hybridized carbons (Fsp3) is 0.269. The fourth-order valence-corrected chi connectivity index (χ4v) is 5.25. The maximum Gasteiger partial charge on any atom is 0.327 e. The Morgan fingerprint density at radius 3 is 2.74 bits per heavy atom. The minimum Gasteiger partial charge on any atom is -0.356 e. The highest BCUT2D eigenvalue weighted by Crippen LogP contribution is 2.31. The van der Waals surface area contributed by atoms with Crippen LogP contribution in [0.1, 0.15) is 40.4 Å². The number of hydrogen-bond acceptors (Lipinski definition) is 6. The Morgan fingerprint density at radius 2 is 1.91 bits per heavy atom. The molecule has 1 fully saturated rings. The molecule has 174 valence electrons. The van der Waals surface area contributed by atoms with Crippen LogP contribution >= 0.6 is 0 Å². The van der Waals surface area contributed by atoms with Gasteiger partial charge in [-0.3, -0.25) is 14.3 Å². The number of imidazole rings is 1. The van der Waals surface area contributed by atoms with E-state index in [4.69, 9.17) is 0 Å². The number of benzene rings is 1. The lowest BCUT2D eigenvalue weighted by Gasteiger charge is -2.33. The van der Waals surface area contributed by atoms with E-state index in [0.29, 0.717) is 36.7 Å². The van der Waals surface area contributed by atoms with Gasteiger partial charge in [0.2, 0.25) is 0 Å². The van der Waals surface area contributed by atoms with Crippen molar-refractivity contribution in [2.24, 2.45) is 0 Å². The summed E-state index contributed by atoms with van der Waals surface area (Å²) in [6, 6.07) is 15.5. The number of aromatic nitrogens is 4. The zero-order chi connectivity index (χ0) is 23.9. The molecule has 9 heteroatoms. The second-order valence-electron chi connectivity index (χ2n) is 8.92. The molecule has 6 rings (SSSR count). The van der Waals surface area contributed by atoms with Gasteiger partial charge in [-0.05, 0) is 49.1 Å². The van der Waals surface area contributed by atoms with Gasteiger partial charge >= 0.3 is 5.69 Å².